The number of piperidine rings is 1. The highest BCUT2D eigenvalue weighted by molar-refractivity contribution is 5.97. The first-order chi connectivity index (χ1) is 9.61. The largest absolute Gasteiger partial charge is 0.344 e. The third-order valence-corrected chi connectivity index (χ3v) is 3.91. The van der Waals surface area contributed by atoms with Crippen molar-refractivity contribution in [1.82, 2.24) is 10.3 Å². The van der Waals surface area contributed by atoms with Gasteiger partial charge in [-0.1, -0.05) is 6.92 Å². The smallest absolute Gasteiger partial charge is 0.248 e. The lowest BCUT2D eigenvalue weighted by molar-refractivity contribution is -0.129. The van der Waals surface area contributed by atoms with Crippen molar-refractivity contribution in [2.24, 2.45) is 5.92 Å². The van der Waals surface area contributed by atoms with E-state index in [4.69, 9.17) is 0 Å². The van der Waals surface area contributed by atoms with Crippen molar-refractivity contribution in [3.05, 3.63) is 23.9 Å². The van der Waals surface area contributed by atoms with Gasteiger partial charge in [0.15, 0.2) is 0 Å². The second-order valence-corrected chi connectivity index (χ2v) is 5.90. The van der Waals surface area contributed by atoms with Crippen LogP contribution in [0.25, 0.3) is 0 Å². The van der Waals surface area contributed by atoms with E-state index in [1.807, 2.05) is 19.1 Å². The number of pyridine rings is 1. The Morgan fingerprint density at radius 3 is 2.95 bits per heavy atom. The molecule has 3 rings (SSSR count). The molecule has 0 bridgehead atoms. The summed E-state index contributed by atoms with van der Waals surface area (Å²) < 4.78 is 0. The third-order valence-electron chi connectivity index (χ3n) is 3.91. The van der Waals surface area contributed by atoms with E-state index in [-0.39, 0.29) is 17.7 Å². The Morgan fingerprint density at radius 2 is 2.25 bits per heavy atom. The van der Waals surface area contributed by atoms with Crippen molar-refractivity contribution < 1.29 is 9.59 Å². The van der Waals surface area contributed by atoms with E-state index < -0.39 is 6.04 Å². The van der Waals surface area contributed by atoms with Crippen LogP contribution in [0.2, 0.25) is 0 Å². The summed E-state index contributed by atoms with van der Waals surface area (Å²) in [5.74, 6) is 1.22. The maximum Gasteiger partial charge on any atom is 0.248 e. The van der Waals surface area contributed by atoms with Crippen LogP contribution in [-0.4, -0.2) is 22.8 Å². The number of nitrogens with zero attached hydrogens (tertiary/aromatic N) is 1. The summed E-state index contributed by atoms with van der Waals surface area (Å²) in [7, 11) is 0. The van der Waals surface area contributed by atoms with Crippen LogP contribution in [-0.2, 0) is 9.59 Å². The van der Waals surface area contributed by atoms with Crippen molar-refractivity contribution in [2.75, 3.05) is 5.32 Å². The fourth-order valence-electron chi connectivity index (χ4n) is 2.69. The van der Waals surface area contributed by atoms with Gasteiger partial charge in [-0.05, 0) is 48.8 Å². The monoisotopic (exact) mass is 273 g/mol. The number of carbonyl (C=O) groups excluding carboxylic acids is 2. The fourth-order valence-corrected chi connectivity index (χ4v) is 2.69. The summed E-state index contributed by atoms with van der Waals surface area (Å²) in [6, 6.07) is 3.49. The zero-order valence-corrected chi connectivity index (χ0v) is 11.6. The van der Waals surface area contributed by atoms with Gasteiger partial charge in [-0.2, -0.15) is 0 Å². The zero-order valence-electron chi connectivity index (χ0n) is 11.6. The number of hydrogen-bond donors (Lipinski definition) is 2. The minimum atomic E-state index is -0.447. The molecule has 1 aliphatic carbocycles. The van der Waals surface area contributed by atoms with E-state index in [9.17, 15) is 9.59 Å². The van der Waals surface area contributed by atoms with Gasteiger partial charge in [0.1, 0.15) is 11.9 Å². The van der Waals surface area contributed by atoms with Crippen molar-refractivity contribution in [2.45, 2.75) is 44.6 Å². The van der Waals surface area contributed by atoms with Gasteiger partial charge < -0.3 is 10.6 Å². The average Bonchev–Trinajstić information content (AvgIpc) is 3.22. The Balaban J connectivity index is 1.66. The lowest BCUT2D eigenvalue weighted by atomic mass is 9.93. The Kier molecular flexibility index (Phi) is 3.42. The molecule has 1 aliphatic heterocycles. The number of rotatable bonds is 3. The van der Waals surface area contributed by atoms with Crippen molar-refractivity contribution in [3.63, 3.8) is 0 Å². The molecule has 5 nitrogen and oxygen atoms in total. The van der Waals surface area contributed by atoms with E-state index in [1.165, 1.54) is 18.4 Å². The Morgan fingerprint density at radius 1 is 1.45 bits per heavy atom. The van der Waals surface area contributed by atoms with Crippen LogP contribution in [0.5, 0.6) is 0 Å². The normalized spacial score (nSPS) is 25.9. The number of aromatic nitrogens is 1. The maximum atomic E-state index is 12.2. The number of amides is 2. The Hall–Kier alpha value is -1.91. The zero-order chi connectivity index (χ0) is 14.1. The van der Waals surface area contributed by atoms with E-state index in [1.54, 1.807) is 6.20 Å². The molecular weight excluding hydrogens is 254 g/mol. The molecule has 0 unspecified atom stereocenters. The quantitative estimate of drug-likeness (QED) is 0.882. The van der Waals surface area contributed by atoms with Gasteiger partial charge in [-0.3, -0.25) is 9.59 Å². The topological polar surface area (TPSA) is 71.1 Å². The number of anilines is 1. The minimum absolute atomic E-state index is 0.0522. The fraction of sp³-hybridized carbons (Fsp3) is 0.533. The summed E-state index contributed by atoms with van der Waals surface area (Å²) >= 11 is 0. The molecule has 2 N–H and O–H groups in total. The lowest BCUT2D eigenvalue weighted by Crippen LogP contribution is -2.48. The highest BCUT2D eigenvalue weighted by atomic mass is 16.2. The van der Waals surface area contributed by atoms with Crippen molar-refractivity contribution in [1.29, 1.82) is 0 Å². The molecule has 0 radical (unpaired) electrons. The van der Waals surface area contributed by atoms with Crippen molar-refractivity contribution in [3.8, 4) is 0 Å². The predicted molar refractivity (Wildman–Crippen MR) is 75.2 cm³/mol. The van der Waals surface area contributed by atoms with E-state index in [0.717, 1.165) is 0 Å². The maximum absolute atomic E-state index is 12.2. The minimum Gasteiger partial charge on any atom is -0.344 e. The van der Waals surface area contributed by atoms with Crippen LogP contribution in [0.4, 0.5) is 5.82 Å². The molecule has 106 valence electrons. The lowest BCUT2D eigenvalue weighted by Gasteiger charge is -2.26. The van der Waals surface area contributed by atoms with Crippen LogP contribution in [0.1, 0.15) is 44.1 Å². The van der Waals surface area contributed by atoms with Gasteiger partial charge in [0.05, 0.1) is 0 Å². The second-order valence-electron chi connectivity index (χ2n) is 5.90. The highest BCUT2D eigenvalue weighted by Crippen LogP contribution is 2.40. The SMILES string of the molecule is C[C@@H]1CC(=O)N[C@H](C(=O)Nc2cc(C3CC3)ccn2)C1. The average molecular weight is 273 g/mol. The summed E-state index contributed by atoms with van der Waals surface area (Å²) in [4.78, 5) is 27.9. The van der Waals surface area contributed by atoms with Gasteiger partial charge in [0.25, 0.3) is 0 Å². The van der Waals surface area contributed by atoms with Crippen LogP contribution < -0.4 is 10.6 Å². The van der Waals surface area contributed by atoms with Gasteiger partial charge >= 0.3 is 0 Å². The number of carbonyl (C=O) groups is 2. The Labute approximate surface area is 118 Å². The van der Waals surface area contributed by atoms with Gasteiger partial charge in [-0.25, -0.2) is 4.98 Å². The summed E-state index contributed by atoms with van der Waals surface area (Å²) in [6.07, 6.45) is 5.34. The third kappa shape index (κ3) is 2.98. The molecule has 5 heteroatoms. The predicted octanol–water partition coefficient (Wildman–Crippen LogP) is 1.81. The van der Waals surface area contributed by atoms with Gasteiger partial charge in [0.2, 0.25) is 11.8 Å². The number of hydrogen-bond acceptors (Lipinski definition) is 3. The molecule has 0 spiro atoms. The Bertz CT molecular complexity index is 540. The molecule has 1 aromatic heterocycles. The molecule has 2 aliphatic rings. The first-order valence-corrected chi connectivity index (χ1v) is 7.18. The molecule has 1 aromatic rings. The summed E-state index contributed by atoms with van der Waals surface area (Å²) in [5, 5.41) is 5.55. The highest BCUT2D eigenvalue weighted by Gasteiger charge is 2.29. The first kappa shape index (κ1) is 13.1. The molecule has 2 fully saturated rings. The molecule has 0 aromatic carbocycles. The van der Waals surface area contributed by atoms with E-state index in [0.29, 0.717) is 24.6 Å². The van der Waals surface area contributed by atoms with Crippen molar-refractivity contribution >= 4 is 17.6 Å². The van der Waals surface area contributed by atoms with Gasteiger partial charge in [-0.15, -0.1) is 0 Å². The molecule has 1 saturated heterocycles. The molecular formula is C15H19N3O2. The van der Waals surface area contributed by atoms with E-state index in [2.05, 4.69) is 15.6 Å². The summed E-state index contributed by atoms with van der Waals surface area (Å²) in [6.45, 7) is 1.99. The second kappa shape index (κ2) is 5.23. The summed E-state index contributed by atoms with van der Waals surface area (Å²) in [5.41, 5.74) is 1.23. The molecule has 1 saturated carbocycles. The molecule has 2 heterocycles. The standard InChI is InChI=1S/C15H19N3O2/c1-9-6-12(17-14(19)7-9)15(20)18-13-8-11(4-5-16-13)10-2-3-10/h4-5,8-10,12H,2-3,6-7H2,1H3,(H,17,19)(H,16,18,20)/t9-,12-/m0/s1. The van der Waals surface area contributed by atoms with Crippen LogP contribution in [0, 0.1) is 5.92 Å². The van der Waals surface area contributed by atoms with Crippen LogP contribution in [0.3, 0.4) is 0 Å². The molecule has 2 atom stereocenters. The molecule has 20 heavy (non-hydrogen) atoms. The van der Waals surface area contributed by atoms with Gasteiger partial charge in [0, 0.05) is 12.6 Å². The first-order valence-electron chi connectivity index (χ1n) is 7.18. The van der Waals surface area contributed by atoms with Crippen LogP contribution in [0.15, 0.2) is 18.3 Å². The number of nitrogens with one attached hydrogen (secondary N) is 2. The van der Waals surface area contributed by atoms with E-state index >= 15 is 0 Å². The molecule has 2 amide bonds. The van der Waals surface area contributed by atoms with Crippen LogP contribution >= 0.6 is 0 Å².